The van der Waals surface area contributed by atoms with Crippen molar-refractivity contribution in [1.82, 2.24) is 9.47 Å². The van der Waals surface area contributed by atoms with Crippen molar-refractivity contribution in [2.24, 2.45) is 5.92 Å². The van der Waals surface area contributed by atoms with Crippen LogP contribution in [0.15, 0.2) is 42.6 Å². The number of nitrogens with zero attached hydrogens (tertiary/aromatic N) is 2. The Morgan fingerprint density at radius 2 is 2.00 bits per heavy atom. The normalized spacial score (nSPS) is 11.2. The minimum Gasteiger partial charge on any atom is -0.468 e. The number of carbonyl (C=O) groups excluding carboxylic acids is 1. The van der Waals surface area contributed by atoms with Crippen LogP contribution in [-0.2, 0) is 22.6 Å². The van der Waals surface area contributed by atoms with Crippen molar-refractivity contribution in [3.8, 4) is 0 Å². The summed E-state index contributed by atoms with van der Waals surface area (Å²) in [6.07, 6.45) is 1.94. The third kappa shape index (κ3) is 5.20. The minimum atomic E-state index is -0.247. The molecule has 0 radical (unpaired) electrons. The van der Waals surface area contributed by atoms with Gasteiger partial charge in [-0.3, -0.25) is 9.69 Å². The van der Waals surface area contributed by atoms with Crippen LogP contribution in [0.1, 0.15) is 25.1 Å². The van der Waals surface area contributed by atoms with Crippen LogP contribution in [-0.4, -0.2) is 35.6 Å². The SMILES string of the molecule is COC(=O)CN(Cc1cccn1Cc1ccccc1F)CC(C)C. The maximum Gasteiger partial charge on any atom is 0.319 e. The van der Waals surface area contributed by atoms with E-state index in [9.17, 15) is 9.18 Å². The lowest BCUT2D eigenvalue weighted by atomic mass is 10.2. The average molecular weight is 332 g/mol. The number of esters is 1. The first-order valence-electron chi connectivity index (χ1n) is 8.16. The van der Waals surface area contributed by atoms with Crippen molar-refractivity contribution in [2.45, 2.75) is 26.9 Å². The largest absolute Gasteiger partial charge is 0.468 e. The smallest absolute Gasteiger partial charge is 0.319 e. The van der Waals surface area contributed by atoms with Crippen molar-refractivity contribution < 1.29 is 13.9 Å². The molecule has 0 bridgehead atoms. The molecule has 0 saturated heterocycles. The summed E-state index contributed by atoms with van der Waals surface area (Å²) < 4.78 is 20.7. The van der Waals surface area contributed by atoms with Gasteiger partial charge in [0.15, 0.2) is 0 Å². The van der Waals surface area contributed by atoms with Gasteiger partial charge in [-0.05, 0) is 24.1 Å². The number of hydrogen-bond donors (Lipinski definition) is 0. The van der Waals surface area contributed by atoms with Gasteiger partial charge in [0.2, 0.25) is 0 Å². The fourth-order valence-electron chi connectivity index (χ4n) is 2.74. The molecule has 4 nitrogen and oxygen atoms in total. The van der Waals surface area contributed by atoms with Crippen molar-refractivity contribution in [3.05, 3.63) is 59.7 Å². The van der Waals surface area contributed by atoms with E-state index in [1.54, 1.807) is 12.1 Å². The molecule has 1 heterocycles. The van der Waals surface area contributed by atoms with Gasteiger partial charge >= 0.3 is 5.97 Å². The van der Waals surface area contributed by atoms with Crippen LogP contribution in [0.5, 0.6) is 0 Å². The van der Waals surface area contributed by atoms with Gasteiger partial charge in [0, 0.05) is 30.5 Å². The van der Waals surface area contributed by atoms with Crippen LogP contribution in [0.2, 0.25) is 0 Å². The molecule has 1 aromatic carbocycles. The highest BCUT2D eigenvalue weighted by Crippen LogP contribution is 2.14. The van der Waals surface area contributed by atoms with Gasteiger partial charge in [-0.1, -0.05) is 32.0 Å². The summed E-state index contributed by atoms with van der Waals surface area (Å²) in [6.45, 7) is 6.36. The zero-order valence-corrected chi connectivity index (χ0v) is 14.5. The van der Waals surface area contributed by atoms with E-state index in [4.69, 9.17) is 4.74 Å². The Labute approximate surface area is 142 Å². The maximum atomic E-state index is 13.9. The number of benzene rings is 1. The Kier molecular flexibility index (Phi) is 6.55. The van der Waals surface area contributed by atoms with E-state index in [1.807, 2.05) is 29.0 Å². The van der Waals surface area contributed by atoms with Gasteiger partial charge < -0.3 is 9.30 Å². The number of methoxy groups -OCH3 is 1. The maximum absolute atomic E-state index is 13.9. The third-order valence-electron chi connectivity index (χ3n) is 3.81. The molecule has 0 spiro atoms. The predicted octanol–water partition coefficient (Wildman–Crippen LogP) is 3.31. The van der Waals surface area contributed by atoms with Gasteiger partial charge in [0.25, 0.3) is 0 Å². The van der Waals surface area contributed by atoms with Gasteiger partial charge in [-0.25, -0.2) is 4.39 Å². The Morgan fingerprint density at radius 1 is 1.25 bits per heavy atom. The van der Waals surface area contributed by atoms with E-state index in [0.29, 0.717) is 24.6 Å². The number of rotatable bonds is 8. The second-order valence-corrected chi connectivity index (χ2v) is 6.36. The lowest BCUT2D eigenvalue weighted by molar-refractivity contribution is -0.142. The van der Waals surface area contributed by atoms with Crippen molar-refractivity contribution in [1.29, 1.82) is 0 Å². The number of carbonyl (C=O) groups is 1. The molecular formula is C19H25FN2O2. The number of halogens is 1. The summed E-state index contributed by atoms with van der Waals surface area (Å²) in [4.78, 5) is 13.7. The Hall–Kier alpha value is -2.14. The zero-order valence-electron chi connectivity index (χ0n) is 14.5. The van der Waals surface area contributed by atoms with Crippen LogP contribution < -0.4 is 0 Å². The van der Waals surface area contributed by atoms with E-state index in [1.165, 1.54) is 13.2 Å². The molecule has 0 aliphatic carbocycles. The molecule has 2 rings (SSSR count). The van der Waals surface area contributed by atoms with Crippen molar-refractivity contribution >= 4 is 5.97 Å². The second kappa shape index (κ2) is 8.64. The lowest BCUT2D eigenvalue weighted by Crippen LogP contribution is -2.33. The van der Waals surface area contributed by atoms with Crippen LogP contribution in [0.25, 0.3) is 0 Å². The fraction of sp³-hybridized carbons (Fsp3) is 0.421. The topological polar surface area (TPSA) is 34.5 Å². The number of ether oxygens (including phenoxy) is 1. The van der Waals surface area contributed by atoms with Crippen LogP contribution in [0.4, 0.5) is 4.39 Å². The molecule has 1 aromatic heterocycles. The van der Waals surface area contributed by atoms with Crippen LogP contribution in [0, 0.1) is 11.7 Å². The Morgan fingerprint density at radius 3 is 2.67 bits per heavy atom. The lowest BCUT2D eigenvalue weighted by Gasteiger charge is -2.24. The van der Waals surface area contributed by atoms with E-state index in [2.05, 4.69) is 18.7 Å². The predicted molar refractivity (Wildman–Crippen MR) is 92.1 cm³/mol. The van der Waals surface area contributed by atoms with E-state index in [0.717, 1.165) is 12.2 Å². The number of aromatic nitrogens is 1. The summed E-state index contributed by atoms with van der Waals surface area (Å²) in [5.74, 6) is -0.0155. The van der Waals surface area contributed by atoms with Crippen molar-refractivity contribution in [3.63, 3.8) is 0 Å². The molecule has 0 amide bonds. The molecule has 0 aliphatic rings. The summed E-state index contributed by atoms with van der Waals surface area (Å²) >= 11 is 0. The minimum absolute atomic E-state index is 0.203. The molecule has 0 saturated carbocycles. The van der Waals surface area contributed by atoms with Crippen LogP contribution >= 0.6 is 0 Å². The Balaban J connectivity index is 2.12. The van der Waals surface area contributed by atoms with E-state index in [-0.39, 0.29) is 18.3 Å². The molecule has 24 heavy (non-hydrogen) atoms. The summed E-state index contributed by atoms with van der Waals surface area (Å²) in [5.41, 5.74) is 1.70. The standard InChI is InChI=1S/C19H25FN2O2/c1-15(2)11-21(14-19(23)24-3)13-17-8-6-10-22(17)12-16-7-4-5-9-18(16)20/h4-10,15H,11-14H2,1-3H3. The van der Waals surface area contributed by atoms with E-state index >= 15 is 0 Å². The molecule has 0 atom stereocenters. The first kappa shape index (κ1) is 18.2. The third-order valence-corrected chi connectivity index (χ3v) is 3.81. The highest BCUT2D eigenvalue weighted by Gasteiger charge is 2.15. The highest BCUT2D eigenvalue weighted by atomic mass is 19.1. The van der Waals surface area contributed by atoms with Crippen molar-refractivity contribution in [2.75, 3.05) is 20.2 Å². The monoisotopic (exact) mass is 332 g/mol. The summed E-state index contributed by atoms with van der Waals surface area (Å²) in [7, 11) is 1.40. The molecule has 5 heteroatoms. The van der Waals surface area contributed by atoms with Gasteiger partial charge in [-0.15, -0.1) is 0 Å². The highest BCUT2D eigenvalue weighted by molar-refractivity contribution is 5.71. The average Bonchev–Trinajstić information content (AvgIpc) is 2.95. The number of hydrogen-bond acceptors (Lipinski definition) is 3. The molecule has 0 N–H and O–H groups in total. The fourth-order valence-corrected chi connectivity index (χ4v) is 2.74. The summed E-state index contributed by atoms with van der Waals surface area (Å²) in [6, 6.07) is 10.7. The molecule has 2 aromatic rings. The Bertz CT molecular complexity index is 667. The van der Waals surface area contributed by atoms with Gasteiger partial charge in [-0.2, -0.15) is 0 Å². The molecular weight excluding hydrogens is 307 g/mol. The molecule has 0 unspecified atom stereocenters. The first-order chi connectivity index (χ1) is 11.5. The quantitative estimate of drug-likeness (QED) is 0.696. The van der Waals surface area contributed by atoms with Gasteiger partial charge in [0.1, 0.15) is 5.82 Å². The van der Waals surface area contributed by atoms with E-state index < -0.39 is 0 Å². The zero-order chi connectivity index (χ0) is 17.5. The van der Waals surface area contributed by atoms with Crippen LogP contribution in [0.3, 0.4) is 0 Å². The second-order valence-electron chi connectivity index (χ2n) is 6.36. The molecule has 0 fully saturated rings. The molecule has 130 valence electrons. The van der Waals surface area contributed by atoms with Gasteiger partial charge in [0.05, 0.1) is 20.2 Å². The first-order valence-corrected chi connectivity index (χ1v) is 8.16. The molecule has 0 aliphatic heterocycles. The summed E-state index contributed by atoms with van der Waals surface area (Å²) in [5, 5.41) is 0.